The summed E-state index contributed by atoms with van der Waals surface area (Å²) in [5, 5.41) is 19.6. The predicted octanol–water partition coefficient (Wildman–Crippen LogP) is 1.03. The zero-order valence-electron chi connectivity index (χ0n) is 6.14. The molecule has 0 aliphatic heterocycles. The zero-order valence-corrected chi connectivity index (χ0v) is 6.14. The highest BCUT2D eigenvalue weighted by atomic mass is 16.4. The number of rotatable bonds is 2. The molecule has 62 valence electrons. The highest BCUT2D eigenvalue weighted by Gasteiger charge is 2.02. The van der Waals surface area contributed by atoms with Crippen molar-refractivity contribution in [1.82, 2.24) is 0 Å². The number of Topliss-reactive ketones (excluding diaryl/α,β-unsaturated/α-hetero) is 1. The van der Waals surface area contributed by atoms with Crippen LogP contribution in [0, 0.1) is 0 Å². The van der Waals surface area contributed by atoms with Gasteiger partial charge in [-0.05, 0) is 12.1 Å². The lowest BCUT2D eigenvalue weighted by atomic mass is 10.1. The van der Waals surface area contributed by atoms with Gasteiger partial charge in [0.25, 0.3) is 0 Å². The predicted molar refractivity (Wildman–Crippen MR) is 42.7 cm³/mol. The van der Waals surface area contributed by atoms with E-state index in [2.05, 4.69) is 5.16 Å². The molecule has 0 fully saturated rings. The van der Waals surface area contributed by atoms with E-state index >= 15 is 0 Å². The lowest BCUT2D eigenvalue weighted by Crippen LogP contribution is -1.99. The highest BCUT2D eigenvalue weighted by Crippen LogP contribution is 2.10. The van der Waals surface area contributed by atoms with Crippen LogP contribution >= 0.6 is 0 Å². The van der Waals surface area contributed by atoms with Crippen molar-refractivity contribution in [3.63, 3.8) is 0 Å². The third kappa shape index (κ3) is 1.82. The summed E-state index contributed by atoms with van der Waals surface area (Å²) in [6.07, 6.45) is 0.773. The molecule has 0 heterocycles. The maximum absolute atomic E-state index is 11.0. The quantitative estimate of drug-likeness (QED) is 0.297. The van der Waals surface area contributed by atoms with Gasteiger partial charge in [-0.3, -0.25) is 4.79 Å². The molecule has 0 aliphatic rings. The molecule has 4 heteroatoms. The number of hydrogen-bond acceptors (Lipinski definition) is 4. The van der Waals surface area contributed by atoms with Gasteiger partial charge in [0.05, 0.1) is 0 Å². The third-order valence-electron chi connectivity index (χ3n) is 1.31. The number of aromatic hydroxyl groups is 1. The number of benzene rings is 1. The maximum atomic E-state index is 11.0. The molecule has 1 aromatic rings. The van der Waals surface area contributed by atoms with Crippen molar-refractivity contribution < 1.29 is 15.1 Å². The first-order valence-corrected chi connectivity index (χ1v) is 3.25. The van der Waals surface area contributed by atoms with Crippen LogP contribution in [-0.2, 0) is 0 Å². The molecule has 0 saturated heterocycles. The van der Waals surface area contributed by atoms with Gasteiger partial charge in [0.15, 0.2) is 0 Å². The Labute approximate surface area is 68.8 Å². The first kappa shape index (κ1) is 8.26. The first-order chi connectivity index (χ1) is 5.74. The Kier molecular flexibility index (Phi) is 2.42. The first-order valence-electron chi connectivity index (χ1n) is 3.25. The van der Waals surface area contributed by atoms with Crippen LogP contribution in [0.4, 0.5) is 0 Å². The lowest BCUT2D eigenvalue weighted by molar-refractivity contribution is 0.106. The van der Waals surface area contributed by atoms with Crippen molar-refractivity contribution in [2.75, 3.05) is 0 Å². The van der Waals surface area contributed by atoms with Crippen molar-refractivity contribution in [3.05, 3.63) is 29.8 Å². The summed E-state index contributed by atoms with van der Waals surface area (Å²) in [4.78, 5) is 11.0. The second-order valence-corrected chi connectivity index (χ2v) is 2.16. The normalized spacial score (nSPS) is 10.3. The summed E-state index contributed by atoms with van der Waals surface area (Å²) in [5.41, 5.74) is 0.285. The minimum Gasteiger partial charge on any atom is -0.508 e. The molecular weight excluding hydrogens is 158 g/mol. The van der Waals surface area contributed by atoms with Crippen LogP contribution in [0.2, 0.25) is 0 Å². The molecule has 4 nitrogen and oxygen atoms in total. The molecule has 0 radical (unpaired) electrons. The van der Waals surface area contributed by atoms with E-state index < -0.39 is 5.78 Å². The second kappa shape index (κ2) is 3.52. The van der Waals surface area contributed by atoms with Crippen LogP contribution in [0.15, 0.2) is 29.4 Å². The number of phenolic OH excluding ortho intramolecular Hbond substituents is 1. The average Bonchev–Trinajstić information content (AvgIpc) is 2.05. The van der Waals surface area contributed by atoms with E-state index in [4.69, 9.17) is 10.3 Å². The van der Waals surface area contributed by atoms with Gasteiger partial charge in [-0.15, -0.1) is 0 Å². The van der Waals surface area contributed by atoms with Gasteiger partial charge in [0, 0.05) is 5.56 Å². The maximum Gasteiger partial charge on any atom is 0.207 e. The SMILES string of the molecule is O=C(C=NO)c1cccc(O)c1. The molecular formula is C8H7NO3. The van der Waals surface area contributed by atoms with Crippen LogP contribution < -0.4 is 0 Å². The van der Waals surface area contributed by atoms with Gasteiger partial charge in [0.1, 0.15) is 12.0 Å². The number of ketones is 1. The number of oxime groups is 1. The molecule has 2 N–H and O–H groups in total. The Morgan fingerprint density at radius 3 is 2.83 bits per heavy atom. The van der Waals surface area contributed by atoms with Crippen molar-refractivity contribution >= 4 is 12.0 Å². The van der Waals surface area contributed by atoms with Crippen LogP contribution in [0.3, 0.4) is 0 Å². The minimum absolute atomic E-state index is 0.00666. The van der Waals surface area contributed by atoms with Crippen LogP contribution in [0.25, 0.3) is 0 Å². The standard InChI is InChI=1S/C8H7NO3/c10-7-3-1-2-6(4-7)8(11)5-9-12/h1-5,10,12H. The smallest absolute Gasteiger partial charge is 0.207 e. The fourth-order valence-electron chi connectivity index (χ4n) is 0.786. The van der Waals surface area contributed by atoms with Gasteiger partial charge in [-0.2, -0.15) is 0 Å². The fraction of sp³-hybridized carbons (Fsp3) is 0. The summed E-state index contributed by atoms with van der Waals surface area (Å²) in [5.74, 6) is -0.444. The van der Waals surface area contributed by atoms with Crippen LogP contribution in [-0.4, -0.2) is 22.3 Å². The van der Waals surface area contributed by atoms with Crippen molar-refractivity contribution in [1.29, 1.82) is 0 Å². The Bertz CT molecular complexity index is 320. The molecule has 0 spiro atoms. The molecule has 1 aromatic carbocycles. The van der Waals surface area contributed by atoms with E-state index in [1.165, 1.54) is 24.3 Å². The van der Waals surface area contributed by atoms with Crippen molar-refractivity contribution in [3.8, 4) is 5.75 Å². The topological polar surface area (TPSA) is 69.9 Å². The summed E-state index contributed by atoms with van der Waals surface area (Å²) < 4.78 is 0. The van der Waals surface area contributed by atoms with Gasteiger partial charge >= 0.3 is 0 Å². The molecule has 0 aromatic heterocycles. The van der Waals surface area contributed by atoms with Gasteiger partial charge in [0.2, 0.25) is 5.78 Å². The molecule has 12 heavy (non-hydrogen) atoms. The molecule has 0 bridgehead atoms. The number of carbonyl (C=O) groups is 1. The van der Waals surface area contributed by atoms with E-state index in [1.54, 1.807) is 0 Å². The number of phenols is 1. The van der Waals surface area contributed by atoms with E-state index in [9.17, 15) is 4.79 Å². The average molecular weight is 165 g/mol. The molecule has 0 unspecified atom stereocenters. The lowest BCUT2D eigenvalue weighted by Gasteiger charge is -1.94. The largest absolute Gasteiger partial charge is 0.508 e. The van der Waals surface area contributed by atoms with Crippen molar-refractivity contribution in [2.45, 2.75) is 0 Å². The zero-order chi connectivity index (χ0) is 8.97. The molecule has 0 saturated carbocycles. The Morgan fingerprint density at radius 1 is 1.50 bits per heavy atom. The monoisotopic (exact) mass is 165 g/mol. The molecule has 1 rings (SSSR count). The van der Waals surface area contributed by atoms with Crippen molar-refractivity contribution in [2.24, 2.45) is 5.16 Å². The summed E-state index contributed by atoms with van der Waals surface area (Å²) in [6.45, 7) is 0. The van der Waals surface area contributed by atoms with Gasteiger partial charge in [-0.1, -0.05) is 17.3 Å². The second-order valence-electron chi connectivity index (χ2n) is 2.16. The van der Waals surface area contributed by atoms with E-state index in [-0.39, 0.29) is 11.3 Å². The van der Waals surface area contributed by atoms with Gasteiger partial charge in [-0.25, -0.2) is 0 Å². The molecule has 0 atom stereocenters. The third-order valence-corrected chi connectivity index (χ3v) is 1.31. The van der Waals surface area contributed by atoms with Crippen LogP contribution in [0.5, 0.6) is 5.75 Å². The summed E-state index contributed by atoms with van der Waals surface area (Å²) in [6, 6.07) is 5.80. The molecule has 0 aliphatic carbocycles. The summed E-state index contributed by atoms with van der Waals surface area (Å²) in [7, 11) is 0. The number of nitrogens with zero attached hydrogens (tertiary/aromatic N) is 1. The Morgan fingerprint density at radius 2 is 2.25 bits per heavy atom. The van der Waals surface area contributed by atoms with E-state index in [0.717, 1.165) is 6.21 Å². The van der Waals surface area contributed by atoms with Gasteiger partial charge < -0.3 is 10.3 Å². The minimum atomic E-state index is -0.451. The Hall–Kier alpha value is -1.84. The molecule has 0 amide bonds. The van der Waals surface area contributed by atoms with E-state index in [0.29, 0.717) is 0 Å². The fourth-order valence-corrected chi connectivity index (χ4v) is 0.786. The highest BCUT2D eigenvalue weighted by molar-refractivity contribution is 6.35. The Balaban J connectivity index is 2.96. The van der Waals surface area contributed by atoms with E-state index in [1.807, 2.05) is 0 Å². The van der Waals surface area contributed by atoms with Crippen LogP contribution in [0.1, 0.15) is 10.4 Å². The number of carbonyl (C=O) groups excluding carboxylic acids is 1. The number of hydrogen-bond donors (Lipinski definition) is 2. The summed E-state index contributed by atoms with van der Waals surface area (Å²) >= 11 is 0.